The fourth-order valence-electron chi connectivity index (χ4n) is 7.32. The first-order chi connectivity index (χ1) is 20.2. The van der Waals surface area contributed by atoms with Crippen LogP contribution in [-0.4, -0.2) is 52.7 Å². The monoisotopic (exact) mass is 616 g/mol. The molecule has 8 nitrogen and oxygen atoms in total. The molecule has 0 unspecified atom stereocenters. The Hall–Kier alpha value is -2.74. The van der Waals surface area contributed by atoms with Crippen LogP contribution in [0.15, 0.2) is 34.9 Å². The minimum Gasteiger partial charge on any atom is -0.459 e. The molecule has 6 atom stereocenters. The van der Waals surface area contributed by atoms with Crippen LogP contribution >= 0.6 is 0 Å². The standard InChI is InChI=1S/C36H56O8/c1-22(13-16-31-35(9,10)33(41)18-19-36(31,11)44-27(6)39)12-15-28(42-25(4)37)20-24(3)30(43-26(5)38)21-29-23(2)14-17-32(40)34(29,7)8/h12,14,20,28-31,33,41H,13,15-19,21H2,1-11H3/b22-12+,24-20+/t28-,29-,30+,31+,33+,36+/m1/s1. The van der Waals surface area contributed by atoms with Gasteiger partial charge in [-0.2, -0.15) is 0 Å². The average Bonchev–Trinajstić information content (AvgIpc) is 2.88. The van der Waals surface area contributed by atoms with Gasteiger partial charge >= 0.3 is 17.9 Å². The van der Waals surface area contributed by atoms with Gasteiger partial charge in [0, 0.05) is 44.9 Å². The van der Waals surface area contributed by atoms with E-state index < -0.39 is 46.7 Å². The summed E-state index contributed by atoms with van der Waals surface area (Å²) in [5.74, 6) is -1.13. The zero-order valence-corrected chi connectivity index (χ0v) is 28.9. The van der Waals surface area contributed by atoms with Crippen LogP contribution in [0.25, 0.3) is 0 Å². The molecule has 0 amide bonds. The highest BCUT2D eigenvalue weighted by atomic mass is 16.6. The van der Waals surface area contributed by atoms with Crippen molar-refractivity contribution in [2.75, 3.05) is 0 Å². The molecule has 0 heterocycles. The first-order valence-electron chi connectivity index (χ1n) is 16.0. The van der Waals surface area contributed by atoms with Crippen molar-refractivity contribution in [3.63, 3.8) is 0 Å². The lowest BCUT2D eigenvalue weighted by Gasteiger charge is -2.52. The van der Waals surface area contributed by atoms with E-state index in [4.69, 9.17) is 14.2 Å². The van der Waals surface area contributed by atoms with E-state index in [1.165, 1.54) is 20.8 Å². The minimum atomic E-state index is -0.661. The van der Waals surface area contributed by atoms with Gasteiger partial charge in [-0.3, -0.25) is 19.2 Å². The van der Waals surface area contributed by atoms with E-state index in [0.717, 1.165) is 29.6 Å². The SMILES string of the molecule is CC(=O)O[C@@H](C[C@@H]1C(C)=CCC(=O)C1(C)C)/C(C)=C/[C@@H](C/C=C(\C)CC[C@H]1C(C)(C)[C@@H](O)CC[C@]1(C)OC(C)=O)OC(C)=O. The fourth-order valence-corrected chi connectivity index (χ4v) is 7.32. The van der Waals surface area contributed by atoms with Crippen LogP contribution in [0, 0.1) is 22.7 Å². The third-order valence-electron chi connectivity index (χ3n) is 10.1. The molecule has 8 heteroatoms. The van der Waals surface area contributed by atoms with Gasteiger partial charge in [-0.1, -0.05) is 51.0 Å². The highest BCUT2D eigenvalue weighted by Crippen LogP contribution is 2.50. The molecule has 0 aromatic heterocycles. The Labute approximate surface area is 264 Å². The van der Waals surface area contributed by atoms with Crippen LogP contribution in [0.4, 0.5) is 0 Å². The topological polar surface area (TPSA) is 116 Å². The molecule has 0 saturated heterocycles. The maximum absolute atomic E-state index is 12.7. The predicted octanol–water partition coefficient (Wildman–Crippen LogP) is 6.98. The normalized spacial score (nSPS) is 28.4. The molecule has 0 spiro atoms. The maximum atomic E-state index is 12.7. The highest BCUT2D eigenvalue weighted by molar-refractivity contribution is 5.87. The third kappa shape index (κ3) is 9.63. The Bertz CT molecular complexity index is 1170. The second kappa shape index (κ2) is 15.0. The molecule has 44 heavy (non-hydrogen) atoms. The van der Waals surface area contributed by atoms with Crippen LogP contribution < -0.4 is 0 Å². The highest BCUT2D eigenvalue weighted by Gasteiger charge is 2.52. The summed E-state index contributed by atoms with van der Waals surface area (Å²) >= 11 is 0. The number of rotatable bonds is 12. The minimum absolute atomic E-state index is 0.0460. The number of hydrogen-bond donors (Lipinski definition) is 1. The van der Waals surface area contributed by atoms with Gasteiger partial charge in [0.05, 0.1) is 6.10 Å². The van der Waals surface area contributed by atoms with Gasteiger partial charge in [-0.15, -0.1) is 0 Å². The first-order valence-corrected chi connectivity index (χ1v) is 16.0. The molecule has 1 fully saturated rings. The van der Waals surface area contributed by atoms with Crippen molar-refractivity contribution >= 4 is 23.7 Å². The first kappa shape index (κ1) is 37.4. The van der Waals surface area contributed by atoms with Crippen molar-refractivity contribution in [2.45, 2.75) is 145 Å². The number of aliphatic hydroxyl groups excluding tert-OH is 1. The van der Waals surface area contributed by atoms with Crippen LogP contribution in [0.2, 0.25) is 0 Å². The second-order valence-electron chi connectivity index (χ2n) is 14.4. The molecule has 0 aliphatic heterocycles. The Balaban J connectivity index is 2.26. The van der Waals surface area contributed by atoms with Gasteiger partial charge in [0.25, 0.3) is 0 Å². The van der Waals surface area contributed by atoms with E-state index in [1.54, 1.807) is 0 Å². The maximum Gasteiger partial charge on any atom is 0.303 e. The molecule has 1 saturated carbocycles. The molecule has 2 aliphatic rings. The summed E-state index contributed by atoms with van der Waals surface area (Å²) in [6.07, 6.45) is 8.14. The summed E-state index contributed by atoms with van der Waals surface area (Å²) in [7, 11) is 0. The van der Waals surface area contributed by atoms with Gasteiger partial charge in [0.1, 0.15) is 23.6 Å². The quantitative estimate of drug-likeness (QED) is 0.142. The molecule has 0 aromatic carbocycles. The molecule has 2 rings (SSSR count). The average molecular weight is 617 g/mol. The van der Waals surface area contributed by atoms with E-state index >= 15 is 0 Å². The molecule has 2 aliphatic carbocycles. The summed E-state index contributed by atoms with van der Waals surface area (Å²) in [5.41, 5.74) is 1.28. The molecule has 0 bridgehead atoms. The zero-order chi connectivity index (χ0) is 33.6. The predicted molar refractivity (Wildman–Crippen MR) is 170 cm³/mol. The Morgan fingerprint density at radius 2 is 1.61 bits per heavy atom. The Kier molecular flexibility index (Phi) is 12.8. The summed E-state index contributed by atoms with van der Waals surface area (Å²) in [4.78, 5) is 48.8. The summed E-state index contributed by atoms with van der Waals surface area (Å²) in [6, 6.07) is 0. The molecule has 0 aromatic rings. The molecule has 248 valence electrons. The molecule has 1 N–H and O–H groups in total. The van der Waals surface area contributed by atoms with Gasteiger partial charge in [-0.05, 0) is 82.8 Å². The number of esters is 3. The van der Waals surface area contributed by atoms with E-state index in [-0.39, 0.29) is 23.6 Å². The number of aliphatic hydroxyl groups is 1. The van der Waals surface area contributed by atoms with Crippen LogP contribution in [0.3, 0.4) is 0 Å². The lowest BCUT2D eigenvalue weighted by molar-refractivity contribution is -0.189. The molecular weight excluding hydrogens is 560 g/mol. The molecule has 0 radical (unpaired) electrons. The lowest BCUT2D eigenvalue weighted by atomic mass is 9.58. The van der Waals surface area contributed by atoms with Crippen molar-refractivity contribution in [2.24, 2.45) is 22.7 Å². The number of allylic oxidation sites excluding steroid dienone is 3. The number of hydrogen-bond acceptors (Lipinski definition) is 8. The number of ether oxygens (including phenoxy) is 3. The number of Topliss-reactive ketones (excluding diaryl/α,β-unsaturated/α-hetero) is 1. The number of ketones is 1. The molecular formula is C36H56O8. The van der Waals surface area contributed by atoms with Crippen molar-refractivity contribution < 1.29 is 38.5 Å². The Morgan fingerprint density at radius 3 is 2.18 bits per heavy atom. The third-order valence-corrected chi connectivity index (χ3v) is 10.1. The van der Waals surface area contributed by atoms with Crippen molar-refractivity contribution in [1.29, 1.82) is 0 Å². The van der Waals surface area contributed by atoms with Gasteiger partial charge < -0.3 is 19.3 Å². The lowest BCUT2D eigenvalue weighted by Crippen LogP contribution is -2.55. The van der Waals surface area contributed by atoms with Crippen LogP contribution in [0.1, 0.15) is 121 Å². The zero-order valence-electron chi connectivity index (χ0n) is 28.9. The van der Waals surface area contributed by atoms with Crippen LogP contribution in [0.5, 0.6) is 0 Å². The smallest absolute Gasteiger partial charge is 0.303 e. The number of carbonyl (C=O) groups excluding carboxylic acids is 4. The van der Waals surface area contributed by atoms with Crippen LogP contribution in [-0.2, 0) is 33.4 Å². The second-order valence-corrected chi connectivity index (χ2v) is 14.4. The van der Waals surface area contributed by atoms with E-state index in [1.807, 2.05) is 73.6 Å². The number of carbonyl (C=O) groups is 4. The van der Waals surface area contributed by atoms with Crippen molar-refractivity contribution in [1.82, 2.24) is 0 Å². The van der Waals surface area contributed by atoms with Gasteiger partial charge in [0.15, 0.2) is 0 Å². The van der Waals surface area contributed by atoms with Crippen molar-refractivity contribution in [3.8, 4) is 0 Å². The van der Waals surface area contributed by atoms with E-state index in [0.29, 0.717) is 32.1 Å². The Morgan fingerprint density at radius 1 is 1.00 bits per heavy atom. The van der Waals surface area contributed by atoms with E-state index in [9.17, 15) is 24.3 Å². The fraction of sp³-hybridized carbons (Fsp3) is 0.722. The van der Waals surface area contributed by atoms with Crippen molar-refractivity contribution in [3.05, 3.63) is 34.9 Å². The van der Waals surface area contributed by atoms with Gasteiger partial charge in [-0.25, -0.2) is 0 Å². The summed E-state index contributed by atoms with van der Waals surface area (Å²) in [5, 5.41) is 10.8. The summed E-state index contributed by atoms with van der Waals surface area (Å²) < 4.78 is 17.2. The van der Waals surface area contributed by atoms with Gasteiger partial charge in [0.2, 0.25) is 0 Å². The largest absolute Gasteiger partial charge is 0.459 e. The van der Waals surface area contributed by atoms with E-state index in [2.05, 4.69) is 0 Å². The summed E-state index contributed by atoms with van der Waals surface area (Å²) in [6.45, 7) is 20.0.